The Kier molecular flexibility index (Phi) is 4.97. The monoisotopic (exact) mass is 272 g/mol. The van der Waals surface area contributed by atoms with E-state index in [1.165, 1.54) is 0 Å². The van der Waals surface area contributed by atoms with Crippen LogP contribution in [0.15, 0.2) is 54.6 Å². The van der Waals surface area contributed by atoms with E-state index in [9.17, 15) is 4.79 Å². The van der Waals surface area contributed by atoms with Gasteiger partial charge >= 0.3 is 6.09 Å². The molecule has 3 N–H and O–H groups in total. The van der Waals surface area contributed by atoms with Gasteiger partial charge in [-0.2, -0.15) is 0 Å². The van der Waals surface area contributed by atoms with Crippen molar-refractivity contribution in [2.24, 2.45) is 0 Å². The Hall–Kier alpha value is -2.53. The molecule has 2 aromatic carbocycles. The van der Waals surface area contributed by atoms with Crippen LogP contribution in [0, 0.1) is 0 Å². The van der Waals surface area contributed by atoms with E-state index in [-0.39, 0.29) is 12.4 Å². The predicted molar refractivity (Wildman–Crippen MR) is 74.7 cm³/mol. The number of aromatic hydroxyl groups is 1. The maximum absolute atomic E-state index is 11.4. The molecule has 20 heavy (non-hydrogen) atoms. The molecular weight excluding hydrogens is 256 g/mol. The third-order valence-corrected chi connectivity index (χ3v) is 2.63. The van der Waals surface area contributed by atoms with Crippen molar-refractivity contribution >= 4 is 6.09 Å². The number of carbonyl (C=O) groups excluding carboxylic acids is 1. The topological polar surface area (TPSA) is 70.6 Å². The minimum atomic E-state index is -0.535. The second kappa shape index (κ2) is 7.16. The Morgan fingerprint density at radius 1 is 1.00 bits per heavy atom. The minimum absolute atomic E-state index is 0.212. The maximum atomic E-state index is 11.4. The lowest BCUT2D eigenvalue weighted by Gasteiger charge is -2.08. The summed E-state index contributed by atoms with van der Waals surface area (Å²) in [7, 11) is 0. The largest absolute Gasteiger partial charge is 0.508 e. The first-order chi connectivity index (χ1) is 9.74. The Morgan fingerprint density at radius 2 is 1.70 bits per heavy atom. The average Bonchev–Trinajstić information content (AvgIpc) is 2.48. The van der Waals surface area contributed by atoms with Gasteiger partial charge < -0.3 is 9.84 Å². The van der Waals surface area contributed by atoms with E-state index in [2.05, 4.69) is 10.9 Å². The summed E-state index contributed by atoms with van der Waals surface area (Å²) >= 11 is 0. The molecule has 5 nitrogen and oxygen atoms in total. The summed E-state index contributed by atoms with van der Waals surface area (Å²) in [6.07, 6.45) is -0.535. The molecule has 0 aliphatic heterocycles. The Bertz CT molecular complexity index is 541. The van der Waals surface area contributed by atoms with Gasteiger partial charge in [0.05, 0.1) is 0 Å². The molecule has 104 valence electrons. The van der Waals surface area contributed by atoms with E-state index in [1.54, 1.807) is 24.3 Å². The molecule has 0 atom stereocenters. The van der Waals surface area contributed by atoms with Gasteiger partial charge in [0, 0.05) is 6.54 Å². The minimum Gasteiger partial charge on any atom is -0.508 e. The molecule has 1 amide bonds. The van der Waals surface area contributed by atoms with E-state index in [0.717, 1.165) is 11.1 Å². The lowest BCUT2D eigenvalue weighted by atomic mass is 10.2. The van der Waals surface area contributed by atoms with Crippen molar-refractivity contribution in [1.29, 1.82) is 0 Å². The van der Waals surface area contributed by atoms with Crippen LogP contribution < -0.4 is 10.9 Å². The second-order valence-electron chi connectivity index (χ2n) is 4.21. The zero-order valence-corrected chi connectivity index (χ0v) is 10.9. The van der Waals surface area contributed by atoms with Crippen molar-refractivity contribution in [3.63, 3.8) is 0 Å². The van der Waals surface area contributed by atoms with Gasteiger partial charge in [-0.15, -0.1) is 0 Å². The number of hydrazine groups is 1. The van der Waals surface area contributed by atoms with Crippen LogP contribution in [0.25, 0.3) is 0 Å². The summed E-state index contributed by atoms with van der Waals surface area (Å²) in [5.41, 5.74) is 7.06. The highest BCUT2D eigenvalue weighted by Crippen LogP contribution is 2.08. The molecule has 2 rings (SSSR count). The standard InChI is InChI=1S/C15H16N2O3/c18-14-8-6-12(7-9-14)10-16-17-15(19)20-11-13-4-2-1-3-5-13/h1-9,16,18H,10-11H2,(H,17,19). The van der Waals surface area contributed by atoms with Crippen LogP contribution in [-0.4, -0.2) is 11.2 Å². The third kappa shape index (κ3) is 4.62. The number of rotatable bonds is 5. The number of carbonyl (C=O) groups is 1. The first-order valence-electron chi connectivity index (χ1n) is 6.21. The fraction of sp³-hybridized carbons (Fsp3) is 0.133. The van der Waals surface area contributed by atoms with Gasteiger partial charge in [-0.3, -0.25) is 5.43 Å². The Labute approximate surface area is 117 Å². The molecule has 0 saturated carbocycles. The normalized spacial score (nSPS) is 10.0. The van der Waals surface area contributed by atoms with Crippen LogP contribution in [0.5, 0.6) is 5.75 Å². The molecule has 0 radical (unpaired) electrons. The number of ether oxygens (including phenoxy) is 1. The molecule has 0 heterocycles. The first-order valence-corrected chi connectivity index (χ1v) is 6.21. The summed E-state index contributed by atoms with van der Waals surface area (Å²) in [5, 5.41) is 9.14. The SMILES string of the molecule is O=C(NNCc1ccc(O)cc1)OCc1ccccc1. The van der Waals surface area contributed by atoms with Crippen LogP contribution in [0.4, 0.5) is 4.79 Å². The van der Waals surface area contributed by atoms with E-state index in [1.807, 2.05) is 30.3 Å². The van der Waals surface area contributed by atoms with Crippen LogP contribution >= 0.6 is 0 Å². The molecular formula is C15H16N2O3. The molecule has 0 saturated heterocycles. The molecule has 2 aromatic rings. The van der Waals surface area contributed by atoms with Gasteiger partial charge in [-0.25, -0.2) is 10.2 Å². The van der Waals surface area contributed by atoms with Crippen molar-refractivity contribution in [2.75, 3.05) is 0 Å². The molecule has 0 aliphatic carbocycles. The number of phenolic OH excluding ortho intramolecular Hbond substituents is 1. The molecule has 0 bridgehead atoms. The van der Waals surface area contributed by atoms with Gasteiger partial charge in [0.15, 0.2) is 0 Å². The summed E-state index contributed by atoms with van der Waals surface area (Å²) in [5.74, 6) is 0.212. The summed E-state index contributed by atoms with van der Waals surface area (Å²) in [6, 6.07) is 16.2. The fourth-order valence-corrected chi connectivity index (χ4v) is 1.59. The van der Waals surface area contributed by atoms with Crippen LogP contribution in [0.2, 0.25) is 0 Å². The van der Waals surface area contributed by atoms with Crippen LogP contribution in [-0.2, 0) is 17.9 Å². The van der Waals surface area contributed by atoms with Crippen molar-refractivity contribution in [3.05, 3.63) is 65.7 Å². The number of nitrogens with one attached hydrogen (secondary N) is 2. The first kappa shape index (κ1) is 13.9. The highest BCUT2D eigenvalue weighted by Gasteiger charge is 2.01. The summed E-state index contributed by atoms with van der Waals surface area (Å²) in [6.45, 7) is 0.675. The Morgan fingerprint density at radius 3 is 2.40 bits per heavy atom. The molecule has 0 aromatic heterocycles. The van der Waals surface area contributed by atoms with Gasteiger partial charge in [-0.05, 0) is 23.3 Å². The molecule has 0 aliphatic rings. The van der Waals surface area contributed by atoms with E-state index in [0.29, 0.717) is 6.54 Å². The number of amides is 1. The van der Waals surface area contributed by atoms with Crippen molar-refractivity contribution in [1.82, 2.24) is 10.9 Å². The quantitative estimate of drug-likeness (QED) is 0.731. The zero-order valence-electron chi connectivity index (χ0n) is 10.9. The molecule has 5 heteroatoms. The van der Waals surface area contributed by atoms with E-state index in [4.69, 9.17) is 9.84 Å². The molecule has 0 unspecified atom stereocenters. The molecule has 0 spiro atoms. The highest BCUT2D eigenvalue weighted by molar-refractivity contribution is 5.66. The van der Waals surface area contributed by atoms with Crippen molar-refractivity contribution < 1.29 is 14.6 Å². The van der Waals surface area contributed by atoms with Gasteiger partial charge in [-0.1, -0.05) is 42.5 Å². The summed E-state index contributed by atoms with van der Waals surface area (Å²) < 4.78 is 5.03. The lowest BCUT2D eigenvalue weighted by Crippen LogP contribution is -2.37. The van der Waals surface area contributed by atoms with Gasteiger partial charge in [0.2, 0.25) is 0 Å². The molecule has 0 fully saturated rings. The van der Waals surface area contributed by atoms with E-state index < -0.39 is 6.09 Å². The van der Waals surface area contributed by atoms with Gasteiger partial charge in [0.25, 0.3) is 0 Å². The van der Waals surface area contributed by atoms with Crippen molar-refractivity contribution in [3.8, 4) is 5.75 Å². The highest BCUT2D eigenvalue weighted by atomic mass is 16.6. The number of phenols is 1. The zero-order chi connectivity index (χ0) is 14.2. The fourth-order valence-electron chi connectivity index (χ4n) is 1.59. The van der Waals surface area contributed by atoms with Gasteiger partial charge in [0.1, 0.15) is 12.4 Å². The smallest absolute Gasteiger partial charge is 0.421 e. The lowest BCUT2D eigenvalue weighted by molar-refractivity contribution is 0.134. The third-order valence-electron chi connectivity index (χ3n) is 2.63. The number of hydrogen-bond donors (Lipinski definition) is 3. The Balaban J connectivity index is 1.66. The number of hydrogen-bond acceptors (Lipinski definition) is 4. The maximum Gasteiger partial charge on any atom is 0.421 e. The average molecular weight is 272 g/mol. The summed E-state index contributed by atoms with van der Waals surface area (Å²) in [4.78, 5) is 11.4. The van der Waals surface area contributed by atoms with Crippen molar-refractivity contribution in [2.45, 2.75) is 13.2 Å². The van der Waals surface area contributed by atoms with Crippen LogP contribution in [0.1, 0.15) is 11.1 Å². The second-order valence-corrected chi connectivity index (χ2v) is 4.21. The van der Waals surface area contributed by atoms with Crippen LogP contribution in [0.3, 0.4) is 0 Å². The predicted octanol–water partition coefficient (Wildman–Crippen LogP) is 2.32. The van der Waals surface area contributed by atoms with E-state index >= 15 is 0 Å². The number of benzene rings is 2.